The first-order valence-corrected chi connectivity index (χ1v) is 12.3. The summed E-state index contributed by atoms with van der Waals surface area (Å²) >= 11 is 0. The van der Waals surface area contributed by atoms with Crippen LogP contribution in [0.25, 0.3) is 0 Å². The maximum atomic E-state index is 13.1. The van der Waals surface area contributed by atoms with Crippen molar-refractivity contribution < 1.29 is 32.2 Å². The third-order valence-electron chi connectivity index (χ3n) is 5.54. The molecule has 1 unspecified atom stereocenters. The lowest BCUT2D eigenvalue weighted by Gasteiger charge is -2.24. The van der Waals surface area contributed by atoms with Gasteiger partial charge in [-0.3, -0.25) is 4.79 Å². The summed E-state index contributed by atoms with van der Waals surface area (Å²) < 4.78 is 50.1. The Morgan fingerprint density at radius 3 is 2.38 bits per heavy atom. The number of nitrogens with zero attached hydrogens (tertiary/aromatic N) is 2. The van der Waals surface area contributed by atoms with E-state index in [0.717, 1.165) is 6.07 Å². The molecule has 0 saturated carbocycles. The number of alkyl halides is 3. The van der Waals surface area contributed by atoms with Gasteiger partial charge in [-0.1, -0.05) is 6.07 Å². The molecule has 10 nitrogen and oxygen atoms in total. The Labute approximate surface area is 229 Å². The molecular formula is C27H31F3N6O4. The Balaban J connectivity index is 1.51. The largest absolute Gasteiger partial charge is 0.461 e. The van der Waals surface area contributed by atoms with Gasteiger partial charge in [-0.2, -0.15) is 13.2 Å². The number of benzene rings is 2. The standard InChI is InChI=1S/C27H31F3N6O4/c1-17-5-6-20(11-22(17)27(28,29)30)36-25(38)35-19-7-9-21(10-8-19)40-24-12-23(32-15-33-24)34-18(2)13-31-14-26(3,4)39-16-37/h5-12,15-16,18,31H,13-14H2,1-4H3,(H,32,33,34)(H2,35,36,38). The van der Waals surface area contributed by atoms with Crippen LogP contribution < -0.4 is 26.0 Å². The van der Waals surface area contributed by atoms with E-state index < -0.39 is 23.4 Å². The van der Waals surface area contributed by atoms with Gasteiger partial charge < -0.3 is 30.7 Å². The van der Waals surface area contributed by atoms with Crippen LogP contribution >= 0.6 is 0 Å². The SMILES string of the molecule is Cc1ccc(NC(=O)Nc2ccc(Oc3cc(NC(C)CNCC(C)(C)OC=O)ncn3)cc2)cc1C(F)(F)F. The lowest BCUT2D eigenvalue weighted by Crippen LogP contribution is -2.41. The van der Waals surface area contributed by atoms with Crippen LogP contribution in [-0.2, 0) is 15.7 Å². The molecule has 0 saturated heterocycles. The lowest BCUT2D eigenvalue weighted by atomic mass is 10.1. The third-order valence-corrected chi connectivity index (χ3v) is 5.54. The van der Waals surface area contributed by atoms with Crippen molar-refractivity contribution in [3.8, 4) is 11.6 Å². The number of carbonyl (C=O) groups is 2. The van der Waals surface area contributed by atoms with Gasteiger partial charge in [0.25, 0.3) is 6.47 Å². The van der Waals surface area contributed by atoms with E-state index in [0.29, 0.717) is 36.8 Å². The van der Waals surface area contributed by atoms with Crippen LogP contribution in [0.2, 0.25) is 0 Å². The summed E-state index contributed by atoms with van der Waals surface area (Å²) in [6, 6.07) is 10.9. The number of halogens is 3. The van der Waals surface area contributed by atoms with E-state index in [-0.39, 0.29) is 23.2 Å². The fourth-order valence-electron chi connectivity index (χ4n) is 3.56. The Kier molecular flexibility index (Phi) is 9.88. The van der Waals surface area contributed by atoms with E-state index >= 15 is 0 Å². The zero-order chi connectivity index (χ0) is 29.3. The monoisotopic (exact) mass is 560 g/mol. The van der Waals surface area contributed by atoms with Gasteiger partial charge in [0.1, 0.15) is 23.5 Å². The zero-order valence-corrected chi connectivity index (χ0v) is 22.4. The van der Waals surface area contributed by atoms with Crippen molar-refractivity contribution in [3.63, 3.8) is 0 Å². The molecule has 0 aliphatic heterocycles. The minimum Gasteiger partial charge on any atom is -0.461 e. The Morgan fingerprint density at radius 2 is 1.70 bits per heavy atom. The van der Waals surface area contributed by atoms with Gasteiger partial charge in [-0.15, -0.1) is 0 Å². The van der Waals surface area contributed by atoms with Crippen LogP contribution in [0.5, 0.6) is 11.6 Å². The number of carbonyl (C=O) groups excluding carboxylic acids is 2. The van der Waals surface area contributed by atoms with E-state index in [9.17, 15) is 22.8 Å². The second-order valence-electron chi connectivity index (χ2n) is 9.62. The first-order chi connectivity index (χ1) is 18.8. The maximum Gasteiger partial charge on any atom is 0.416 e. The van der Waals surface area contributed by atoms with Crippen molar-refractivity contribution in [2.24, 2.45) is 0 Å². The quantitative estimate of drug-likeness (QED) is 0.212. The van der Waals surface area contributed by atoms with E-state index in [1.54, 1.807) is 44.2 Å². The number of anilines is 3. The zero-order valence-electron chi connectivity index (χ0n) is 22.4. The van der Waals surface area contributed by atoms with Crippen LogP contribution in [0.3, 0.4) is 0 Å². The molecule has 214 valence electrons. The Morgan fingerprint density at radius 1 is 1.02 bits per heavy atom. The molecule has 0 bridgehead atoms. The number of urea groups is 1. The number of aryl methyl sites for hydroxylation is 1. The van der Waals surface area contributed by atoms with Crippen molar-refractivity contribution in [2.75, 3.05) is 29.0 Å². The van der Waals surface area contributed by atoms with E-state index in [2.05, 4.69) is 31.2 Å². The average Bonchev–Trinajstić information content (AvgIpc) is 2.86. The third kappa shape index (κ3) is 9.42. The van der Waals surface area contributed by atoms with Crippen molar-refractivity contribution in [2.45, 2.75) is 45.5 Å². The molecule has 0 spiro atoms. The Bertz CT molecular complexity index is 1300. The summed E-state index contributed by atoms with van der Waals surface area (Å²) in [5.74, 6) is 1.27. The molecular weight excluding hydrogens is 529 g/mol. The predicted octanol–water partition coefficient (Wildman–Crippen LogP) is 5.58. The van der Waals surface area contributed by atoms with Crippen molar-refractivity contribution in [3.05, 3.63) is 66.0 Å². The van der Waals surface area contributed by atoms with E-state index in [4.69, 9.17) is 9.47 Å². The van der Waals surface area contributed by atoms with Crippen LogP contribution in [0.1, 0.15) is 31.9 Å². The highest BCUT2D eigenvalue weighted by Gasteiger charge is 2.32. The number of hydrogen-bond donors (Lipinski definition) is 4. The fourth-order valence-corrected chi connectivity index (χ4v) is 3.56. The first-order valence-electron chi connectivity index (χ1n) is 12.3. The van der Waals surface area contributed by atoms with E-state index in [1.165, 1.54) is 25.4 Å². The minimum atomic E-state index is -4.52. The molecule has 1 aromatic heterocycles. The molecule has 0 radical (unpaired) electrons. The Hall–Kier alpha value is -4.39. The molecule has 1 atom stereocenters. The van der Waals surface area contributed by atoms with Gasteiger partial charge in [0.15, 0.2) is 0 Å². The number of hydrogen-bond acceptors (Lipinski definition) is 8. The summed E-state index contributed by atoms with van der Waals surface area (Å²) in [5.41, 5.74) is -0.945. The molecule has 40 heavy (non-hydrogen) atoms. The highest BCUT2D eigenvalue weighted by molar-refractivity contribution is 5.99. The van der Waals surface area contributed by atoms with Gasteiger partial charge in [0.2, 0.25) is 5.88 Å². The molecule has 2 aromatic carbocycles. The maximum absolute atomic E-state index is 13.1. The van der Waals surface area contributed by atoms with Gasteiger partial charge in [-0.25, -0.2) is 14.8 Å². The van der Waals surface area contributed by atoms with E-state index in [1.807, 2.05) is 6.92 Å². The lowest BCUT2D eigenvalue weighted by molar-refractivity contribution is -0.140. The predicted molar refractivity (Wildman–Crippen MR) is 145 cm³/mol. The molecule has 0 fully saturated rings. The normalized spacial score (nSPS) is 12.3. The molecule has 4 N–H and O–H groups in total. The fraction of sp³-hybridized carbons (Fsp3) is 0.333. The molecule has 1 heterocycles. The van der Waals surface area contributed by atoms with Crippen LogP contribution in [-0.4, -0.2) is 47.2 Å². The number of nitrogens with one attached hydrogen (secondary N) is 4. The summed E-state index contributed by atoms with van der Waals surface area (Å²) in [7, 11) is 0. The van der Waals surface area contributed by atoms with Gasteiger partial charge in [-0.05, 0) is 69.7 Å². The minimum absolute atomic E-state index is 0.00811. The van der Waals surface area contributed by atoms with Gasteiger partial charge in [0, 0.05) is 36.6 Å². The second kappa shape index (κ2) is 13.1. The van der Waals surface area contributed by atoms with Crippen LogP contribution in [0.15, 0.2) is 54.9 Å². The van der Waals surface area contributed by atoms with Gasteiger partial charge in [0.05, 0.1) is 5.56 Å². The number of ether oxygens (including phenoxy) is 2. The van der Waals surface area contributed by atoms with Crippen LogP contribution in [0, 0.1) is 6.92 Å². The van der Waals surface area contributed by atoms with Crippen LogP contribution in [0.4, 0.5) is 35.2 Å². The summed E-state index contributed by atoms with van der Waals surface area (Å²) in [6.07, 6.45) is -3.16. The first kappa shape index (κ1) is 30.2. The van der Waals surface area contributed by atoms with Gasteiger partial charge >= 0.3 is 12.2 Å². The topological polar surface area (TPSA) is 126 Å². The molecule has 3 aromatic rings. The summed E-state index contributed by atoms with van der Waals surface area (Å²) in [4.78, 5) is 31.1. The highest BCUT2D eigenvalue weighted by Crippen LogP contribution is 2.33. The molecule has 2 amide bonds. The molecule has 3 rings (SSSR count). The summed E-state index contributed by atoms with van der Waals surface area (Å²) in [5, 5.41) is 11.4. The average molecular weight is 561 g/mol. The van der Waals surface area contributed by atoms with Crippen molar-refractivity contribution >= 4 is 29.7 Å². The number of aromatic nitrogens is 2. The van der Waals surface area contributed by atoms with Crippen molar-refractivity contribution in [1.82, 2.24) is 15.3 Å². The second-order valence-corrected chi connectivity index (χ2v) is 9.62. The number of rotatable bonds is 12. The molecule has 0 aliphatic rings. The molecule has 0 aliphatic carbocycles. The smallest absolute Gasteiger partial charge is 0.416 e. The summed E-state index contributed by atoms with van der Waals surface area (Å²) in [6.45, 7) is 8.41. The van der Waals surface area contributed by atoms with Crippen molar-refractivity contribution in [1.29, 1.82) is 0 Å². The molecule has 13 heteroatoms. The number of amides is 2. The highest BCUT2D eigenvalue weighted by atomic mass is 19.4.